The molecule has 0 spiro atoms. The molecule has 21 heavy (non-hydrogen) atoms. The summed E-state index contributed by atoms with van der Waals surface area (Å²) in [6.45, 7) is 0. The van der Waals surface area contributed by atoms with Crippen LogP contribution in [-0.4, -0.2) is 33.6 Å². The van der Waals surface area contributed by atoms with Gasteiger partial charge in [0.25, 0.3) is 0 Å². The molecule has 0 bridgehead atoms. The summed E-state index contributed by atoms with van der Waals surface area (Å²) >= 11 is 0. The Kier molecular flexibility index (Phi) is 5.11. The highest BCUT2D eigenvalue weighted by Gasteiger charge is 2.20. The number of ether oxygens (including phenoxy) is 2. The predicted molar refractivity (Wildman–Crippen MR) is 82.5 cm³/mol. The maximum Gasteiger partial charge on any atom is 0.161 e. The molecule has 0 aliphatic heterocycles. The maximum atomic E-state index is 11.4. The van der Waals surface area contributed by atoms with Crippen LogP contribution in [0.1, 0.15) is 37.3 Å². The van der Waals surface area contributed by atoms with Crippen LogP contribution in [-0.2, 0) is 9.84 Å². The minimum atomic E-state index is -3.12. The van der Waals surface area contributed by atoms with E-state index in [2.05, 4.69) is 0 Å². The van der Waals surface area contributed by atoms with Gasteiger partial charge in [-0.3, -0.25) is 0 Å². The van der Waals surface area contributed by atoms with Crippen LogP contribution in [0.5, 0.6) is 11.5 Å². The Morgan fingerprint density at radius 3 is 2.52 bits per heavy atom. The highest BCUT2D eigenvalue weighted by molar-refractivity contribution is 7.90. The lowest BCUT2D eigenvalue weighted by molar-refractivity contribution is 0.200. The van der Waals surface area contributed by atoms with Gasteiger partial charge >= 0.3 is 0 Å². The van der Waals surface area contributed by atoms with Gasteiger partial charge < -0.3 is 15.2 Å². The van der Waals surface area contributed by atoms with E-state index in [4.69, 9.17) is 15.2 Å². The first-order valence-corrected chi connectivity index (χ1v) is 9.23. The van der Waals surface area contributed by atoms with Crippen LogP contribution in [0.3, 0.4) is 0 Å². The van der Waals surface area contributed by atoms with E-state index in [-0.39, 0.29) is 11.9 Å². The molecule has 0 heterocycles. The Labute approximate surface area is 126 Å². The monoisotopic (exact) mass is 313 g/mol. The van der Waals surface area contributed by atoms with Crippen LogP contribution in [0, 0.1) is 0 Å². The normalized spacial score (nSPS) is 17.7. The molecule has 118 valence electrons. The standard InChI is InChI=1S/C15H23NO4S/c1-19-14-8-7-11(13(16)10-21(2,17)18)9-15(14)20-12-5-3-4-6-12/h7-9,12-13H,3-6,10,16H2,1-2H3. The summed E-state index contributed by atoms with van der Waals surface area (Å²) in [5.74, 6) is 1.21. The van der Waals surface area contributed by atoms with Crippen LogP contribution in [0.2, 0.25) is 0 Å². The van der Waals surface area contributed by atoms with Gasteiger partial charge in [-0.05, 0) is 43.4 Å². The number of nitrogens with two attached hydrogens (primary N) is 1. The smallest absolute Gasteiger partial charge is 0.161 e. The van der Waals surface area contributed by atoms with Crippen molar-refractivity contribution in [3.8, 4) is 11.5 Å². The van der Waals surface area contributed by atoms with E-state index in [0.717, 1.165) is 18.4 Å². The van der Waals surface area contributed by atoms with Crippen LogP contribution in [0.15, 0.2) is 18.2 Å². The van der Waals surface area contributed by atoms with E-state index < -0.39 is 15.9 Å². The molecule has 1 aliphatic rings. The number of rotatable bonds is 6. The van der Waals surface area contributed by atoms with Crippen molar-refractivity contribution in [2.45, 2.75) is 37.8 Å². The van der Waals surface area contributed by atoms with E-state index in [9.17, 15) is 8.42 Å². The van der Waals surface area contributed by atoms with E-state index in [1.54, 1.807) is 25.3 Å². The van der Waals surface area contributed by atoms with Crippen LogP contribution >= 0.6 is 0 Å². The van der Waals surface area contributed by atoms with E-state index in [0.29, 0.717) is 11.5 Å². The topological polar surface area (TPSA) is 78.6 Å². The summed E-state index contributed by atoms with van der Waals surface area (Å²) in [5, 5.41) is 0. The number of methoxy groups -OCH3 is 1. The molecule has 5 nitrogen and oxygen atoms in total. The van der Waals surface area contributed by atoms with E-state index in [1.807, 2.05) is 0 Å². The first-order valence-electron chi connectivity index (χ1n) is 7.17. The van der Waals surface area contributed by atoms with Crippen molar-refractivity contribution < 1.29 is 17.9 Å². The van der Waals surface area contributed by atoms with Crippen molar-refractivity contribution in [1.29, 1.82) is 0 Å². The molecular formula is C15H23NO4S. The number of hydrogen-bond donors (Lipinski definition) is 1. The third kappa shape index (κ3) is 4.61. The second-order valence-electron chi connectivity index (χ2n) is 5.63. The molecule has 1 aliphatic carbocycles. The highest BCUT2D eigenvalue weighted by Crippen LogP contribution is 2.33. The Morgan fingerprint density at radius 2 is 1.95 bits per heavy atom. The lowest BCUT2D eigenvalue weighted by Crippen LogP contribution is -2.21. The first kappa shape index (κ1) is 16.1. The minimum absolute atomic E-state index is 0.0812. The second-order valence-corrected chi connectivity index (χ2v) is 7.82. The van der Waals surface area contributed by atoms with Crippen molar-refractivity contribution in [3.05, 3.63) is 23.8 Å². The van der Waals surface area contributed by atoms with Gasteiger partial charge in [0.2, 0.25) is 0 Å². The Balaban J connectivity index is 2.19. The molecule has 0 aromatic heterocycles. The van der Waals surface area contributed by atoms with Crippen molar-refractivity contribution >= 4 is 9.84 Å². The van der Waals surface area contributed by atoms with Gasteiger partial charge in [0.05, 0.1) is 19.0 Å². The fraction of sp³-hybridized carbons (Fsp3) is 0.600. The quantitative estimate of drug-likeness (QED) is 0.869. The average Bonchev–Trinajstić information content (AvgIpc) is 2.89. The molecule has 0 amide bonds. The lowest BCUT2D eigenvalue weighted by Gasteiger charge is -2.18. The van der Waals surface area contributed by atoms with Crippen molar-refractivity contribution in [2.24, 2.45) is 5.73 Å². The molecule has 1 aromatic carbocycles. The summed E-state index contributed by atoms with van der Waals surface area (Å²) in [6, 6.07) is 4.81. The Morgan fingerprint density at radius 1 is 1.29 bits per heavy atom. The summed E-state index contributed by atoms with van der Waals surface area (Å²) in [5.41, 5.74) is 6.72. The molecule has 0 radical (unpaired) electrons. The van der Waals surface area contributed by atoms with E-state index >= 15 is 0 Å². The van der Waals surface area contributed by atoms with Gasteiger partial charge in [0.1, 0.15) is 9.84 Å². The van der Waals surface area contributed by atoms with Crippen molar-refractivity contribution in [1.82, 2.24) is 0 Å². The zero-order chi connectivity index (χ0) is 15.5. The summed E-state index contributed by atoms with van der Waals surface area (Å²) in [6.07, 6.45) is 5.85. The molecule has 2 rings (SSSR count). The Bertz CT molecular complexity index is 579. The number of hydrogen-bond acceptors (Lipinski definition) is 5. The minimum Gasteiger partial charge on any atom is -0.493 e. The number of benzene rings is 1. The van der Waals surface area contributed by atoms with Crippen LogP contribution in [0.4, 0.5) is 0 Å². The average molecular weight is 313 g/mol. The van der Waals surface area contributed by atoms with Crippen molar-refractivity contribution in [2.75, 3.05) is 19.1 Å². The molecule has 1 unspecified atom stereocenters. The molecular weight excluding hydrogens is 290 g/mol. The third-order valence-corrected chi connectivity index (χ3v) is 4.66. The van der Waals surface area contributed by atoms with Gasteiger partial charge in [-0.25, -0.2) is 8.42 Å². The summed E-state index contributed by atoms with van der Waals surface area (Å²) < 4.78 is 34.0. The zero-order valence-corrected chi connectivity index (χ0v) is 13.4. The first-order chi connectivity index (χ1) is 9.89. The van der Waals surface area contributed by atoms with Crippen LogP contribution in [0.25, 0.3) is 0 Å². The summed E-state index contributed by atoms with van der Waals surface area (Å²) in [7, 11) is -1.53. The number of sulfone groups is 1. The van der Waals surface area contributed by atoms with Gasteiger partial charge in [-0.2, -0.15) is 0 Å². The third-order valence-electron chi connectivity index (χ3n) is 3.69. The molecule has 1 aromatic rings. The lowest BCUT2D eigenvalue weighted by atomic mass is 10.1. The molecule has 6 heteroatoms. The second kappa shape index (κ2) is 6.66. The van der Waals surface area contributed by atoms with E-state index in [1.165, 1.54) is 19.1 Å². The molecule has 1 atom stereocenters. The molecule has 0 saturated heterocycles. The largest absolute Gasteiger partial charge is 0.493 e. The fourth-order valence-corrected chi connectivity index (χ4v) is 3.47. The Hall–Kier alpha value is -1.27. The summed E-state index contributed by atoms with van der Waals surface area (Å²) in [4.78, 5) is 0. The molecule has 1 saturated carbocycles. The molecule has 2 N–H and O–H groups in total. The SMILES string of the molecule is COc1ccc(C(N)CS(C)(=O)=O)cc1OC1CCCC1. The highest BCUT2D eigenvalue weighted by atomic mass is 32.2. The van der Waals surface area contributed by atoms with Gasteiger partial charge in [-0.15, -0.1) is 0 Å². The predicted octanol–water partition coefficient (Wildman–Crippen LogP) is 2.06. The van der Waals surface area contributed by atoms with Gasteiger partial charge in [0.15, 0.2) is 11.5 Å². The maximum absolute atomic E-state index is 11.4. The van der Waals surface area contributed by atoms with Gasteiger partial charge in [0, 0.05) is 12.3 Å². The van der Waals surface area contributed by atoms with Gasteiger partial charge in [-0.1, -0.05) is 6.07 Å². The zero-order valence-electron chi connectivity index (χ0n) is 12.5. The van der Waals surface area contributed by atoms with Crippen molar-refractivity contribution in [3.63, 3.8) is 0 Å². The fourth-order valence-electron chi connectivity index (χ4n) is 2.62. The van der Waals surface area contributed by atoms with Crippen LogP contribution < -0.4 is 15.2 Å². The molecule has 1 fully saturated rings.